The molecule has 10 heteroatoms. The number of pyridine rings is 1. The van der Waals surface area contributed by atoms with Crippen LogP contribution in [0.4, 0.5) is 17.5 Å². The molecule has 10 nitrogen and oxygen atoms in total. The second kappa shape index (κ2) is 9.22. The van der Waals surface area contributed by atoms with E-state index in [0.717, 1.165) is 71.4 Å². The van der Waals surface area contributed by atoms with Crippen molar-refractivity contribution >= 4 is 28.4 Å². The van der Waals surface area contributed by atoms with Crippen LogP contribution < -0.4 is 15.4 Å². The van der Waals surface area contributed by atoms with Gasteiger partial charge in [-0.25, -0.2) is 15.0 Å². The van der Waals surface area contributed by atoms with Gasteiger partial charge in [-0.3, -0.25) is 0 Å². The number of ether oxygens (including phenoxy) is 2. The molecule has 0 aliphatic carbocycles. The van der Waals surface area contributed by atoms with E-state index in [0.29, 0.717) is 17.7 Å². The van der Waals surface area contributed by atoms with E-state index in [1.54, 1.807) is 7.11 Å². The third-order valence-corrected chi connectivity index (χ3v) is 6.05. The fraction of sp³-hybridized carbons (Fsp3) is 0.375. The third-order valence-electron chi connectivity index (χ3n) is 6.05. The molecule has 1 aliphatic heterocycles. The first-order chi connectivity index (χ1) is 16.5. The molecule has 1 aromatic carbocycles. The lowest BCUT2D eigenvalue weighted by atomic mass is 10.1. The maximum atomic E-state index is 5.64. The largest absolute Gasteiger partial charge is 0.495 e. The second-order valence-corrected chi connectivity index (χ2v) is 8.44. The van der Waals surface area contributed by atoms with Gasteiger partial charge in [-0.1, -0.05) is 0 Å². The van der Waals surface area contributed by atoms with Gasteiger partial charge in [0, 0.05) is 49.1 Å². The van der Waals surface area contributed by atoms with Gasteiger partial charge in [0.2, 0.25) is 5.95 Å². The summed E-state index contributed by atoms with van der Waals surface area (Å²) in [5.74, 6) is 3.51. The minimum atomic E-state index is 0.314. The molecule has 0 atom stereocenters. The summed E-state index contributed by atoms with van der Waals surface area (Å²) < 4.78 is 13.1. The van der Waals surface area contributed by atoms with Crippen LogP contribution in [0.5, 0.6) is 5.75 Å². The molecule has 34 heavy (non-hydrogen) atoms. The van der Waals surface area contributed by atoms with Gasteiger partial charge in [0.25, 0.3) is 0 Å². The maximum Gasteiger partial charge on any atom is 0.227 e. The highest BCUT2D eigenvalue weighted by atomic mass is 16.5. The standard InChI is InChI=1S/C24H28N8O2/c1-14-11-17-13-25-24(29-21(17)22(26-14)27-18-7-9-34-10-8-18)28-19-6-5-16(12-20(19)33-4)23-31-30-15(2)32(23)3/h5-6,11-13,18H,7-10H2,1-4H3,(H,26,27)(H,25,28,29). The van der Waals surface area contributed by atoms with Crippen molar-refractivity contribution in [2.24, 2.45) is 7.05 Å². The van der Waals surface area contributed by atoms with Crippen molar-refractivity contribution in [2.75, 3.05) is 31.0 Å². The zero-order chi connectivity index (χ0) is 23.7. The van der Waals surface area contributed by atoms with Crippen LogP contribution in [-0.4, -0.2) is 56.1 Å². The van der Waals surface area contributed by atoms with Crippen LogP contribution in [0.25, 0.3) is 22.3 Å². The number of nitrogens with zero attached hydrogens (tertiary/aromatic N) is 6. The number of aryl methyl sites for hydroxylation is 2. The molecule has 2 N–H and O–H groups in total. The molecule has 1 aliphatic rings. The Morgan fingerprint density at radius 3 is 2.65 bits per heavy atom. The predicted molar refractivity (Wildman–Crippen MR) is 131 cm³/mol. The summed E-state index contributed by atoms with van der Waals surface area (Å²) >= 11 is 0. The average Bonchev–Trinajstić information content (AvgIpc) is 3.18. The van der Waals surface area contributed by atoms with Crippen molar-refractivity contribution in [1.82, 2.24) is 29.7 Å². The van der Waals surface area contributed by atoms with Gasteiger partial charge in [-0.05, 0) is 51.0 Å². The molecule has 3 aromatic heterocycles. The van der Waals surface area contributed by atoms with E-state index in [9.17, 15) is 0 Å². The first kappa shape index (κ1) is 22.0. The summed E-state index contributed by atoms with van der Waals surface area (Å²) in [7, 11) is 3.57. The van der Waals surface area contributed by atoms with Gasteiger partial charge in [0.15, 0.2) is 11.6 Å². The summed E-state index contributed by atoms with van der Waals surface area (Å²) in [6, 6.07) is 8.13. The molecule has 4 aromatic rings. The van der Waals surface area contributed by atoms with E-state index in [-0.39, 0.29) is 0 Å². The molecule has 0 spiro atoms. The average molecular weight is 461 g/mol. The van der Waals surface area contributed by atoms with Crippen LogP contribution in [0.2, 0.25) is 0 Å². The van der Waals surface area contributed by atoms with Crippen molar-refractivity contribution in [2.45, 2.75) is 32.7 Å². The highest BCUT2D eigenvalue weighted by Crippen LogP contribution is 2.32. The zero-order valence-electron chi connectivity index (χ0n) is 19.8. The summed E-state index contributed by atoms with van der Waals surface area (Å²) in [4.78, 5) is 14.0. The number of benzene rings is 1. The number of fused-ring (bicyclic) bond motifs is 1. The number of hydrogen-bond acceptors (Lipinski definition) is 9. The number of anilines is 3. The Morgan fingerprint density at radius 1 is 1.09 bits per heavy atom. The van der Waals surface area contributed by atoms with Gasteiger partial charge >= 0.3 is 0 Å². The minimum Gasteiger partial charge on any atom is -0.495 e. The van der Waals surface area contributed by atoms with E-state index in [2.05, 4.69) is 25.8 Å². The van der Waals surface area contributed by atoms with Crippen molar-refractivity contribution in [3.05, 3.63) is 42.0 Å². The van der Waals surface area contributed by atoms with E-state index < -0.39 is 0 Å². The van der Waals surface area contributed by atoms with Crippen LogP contribution in [0.15, 0.2) is 30.5 Å². The fourth-order valence-corrected chi connectivity index (χ4v) is 4.08. The maximum absolute atomic E-state index is 5.64. The number of nitrogens with one attached hydrogen (secondary N) is 2. The molecule has 0 amide bonds. The molecule has 5 rings (SSSR count). The number of aromatic nitrogens is 6. The van der Waals surface area contributed by atoms with E-state index in [1.165, 1.54) is 0 Å². The Morgan fingerprint density at radius 2 is 1.91 bits per heavy atom. The molecule has 176 valence electrons. The van der Waals surface area contributed by atoms with Crippen molar-refractivity contribution in [1.29, 1.82) is 0 Å². The van der Waals surface area contributed by atoms with Crippen molar-refractivity contribution in [3.63, 3.8) is 0 Å². The lowest BCUT2D eigenvalue weighted by Gasteiger charge is -2.24. The topological polar surface area (TPSA) is 112 Å². The smallest absolute Gasteiger partial charge is 0.227 e. The van der Waals surface area contributed by atoms with Gasteiger partial charge < -0.3 is 24.7 Å². The molecule has 1 fully saturated rings. The minimum absolute atomic E-state index is 0.314. The van der Waals surface area contributed by atoms with Gasteiger partial charge in [0.05, 0.1) is 12.8 Å². The Kier molecular flexibility index (Phi) is 5.97. The molecule has 4 heterocycles. The first-order valence-electron chi connectivity index (χ1n) is 11.3. The summed E-state index contributed by atoms with van der Waals surface area (Å²) in [5.41, 5.74) is 3.36. The normalized spacial score (nSPS) is 14.4. The Bertz CT molecular complexity index is 1330. The number of hydrogen-bond donors (Lipinski definition) is 2. The monoisotopic (exact) mass is 460 g/mol. The Hall–Kier alpha value is -3.79. The van der Waals surface area contributed by atoms with Crippen LogP contribution in [0, 0.1) is 13.8 Å². The van der Waals surface area contributed by atoms with Gasteiger partial charge in [-0.2, -0.15) is 0 Å². The molecule has 0 unspecified atom stereocenters. The number of rotatable bonds is 6. The second-order valence-electron chi connectivity index (χ2n) is 8.44. The fourth-order valence-electron chi connectivity index (χ4n) is 4.08. The SMILES string of the molecule is COc1cc(-c2nnc(C)n2C)ccc1Nc1ncc2cc(C)nc(NC3CCOCC3)c2n1. The van der Waals surface area contributed by atoms with Crippen molar-refractivity contribution in [3.8, 4) is 17.1 Å². The van der Waals surface area contributed by atoms with E-state index in [4.69, 9.17) is 19.4 Å². The predicted octanol–water partition coefficient (Wildman–Crippen LogP) is 3.78. The summed E-state index contributed by atoms with van der Waals surface area (Å²) in [5, 5.41) is 16.2. The zero-order valence-corrected chi connectivity index (χ0v) is 19.8. The van der Waals surface area contributed by atoms with Crippen LogP contribution >= 0.6 is 0 Å². The molecule has 0 saturated carbocycles. The van der Waals surface area contributed by atoms with Crippen LogP contribution in [0.1, 0.15) is 24.4 Å². The molecular formula is C24H28N8O2. The highest BCUT2D eigenvalue weighted by molar-refractivity contribution is 5.89. The highest BCUT2D eigenvalue weighted by Gasteiger charge is 2.17. The van der Waals surface area contributed by atoms with Crippen LogP contribution in [0.3, 0.4) is 0 Å². The lowest BCUT2D eigenvalue weighted by Crippen LogP contribution is -2.28. The van der Waals surface area contributed by atoms with Crippen LogP contribution in [-0.2, 0) is 11.8 Å². The Labute approximate surface area is 197 Å². The third kappa shape index (κ3) is 4.36. The molecular weight excluding hydrogens is 432 g/mol. The summed E-state index contributed by atoms with van der Waals surface area (Å²) in [6.45, 7) is 5.41. The van der Waals surface area contributed by atoms with Crippen molar-refractivity contribution < 1.29 is 9.47 Å². The van der Waals surface area contributed by atoms with Gasteiger partial charge in [-0.15, -0.1) is 10.2 Å². The van der Waals surface area contributed by atoms with Gasteiger partial charge in [0.1, 0.15) is 17.1 Å². The van der Waals surface area contributed by atoms with E-state index in [1.807, 2.05) is 55.9 Å². The molecule has 1 saturated heterocycles. The molecule has 0 radical (unpaired) electrons. The lowest BCUT2D eigenvalue weighted by molar-refractivity contribution is 0.0904. The molecule has 0 bridgehead atoms. The van der Waals surface area contributed by atoms with E-state index >= 15 is 0 Å². The summed E-state index contributed by atoms with van der Waals surface area (Å²) in [6.07, 6.45) is 3.71. The Balaban J connectivity index is 1.46. The number of methoxy groups -OCH3 is 1. The first-order valence-corrected chi connectivity index (χ1v) is 11.3. The quantitative estimate of drug-likeness (QED) is 0.444.